The summed E-state index contributed by atoms with van der Waals surface area (Å²) < 4.78 is 5.62. The van der Waals surface area contributed by atoms with Crippen LogP contribution in [0.3, 0.4) is 0 Å². The Labute approximate surface area is 124 Å². The van der Waals surface area contributed by atoms with Gasteiger partial charge in [0.05, 0.1) is 7.11 Å². The summed E-state index contributed by atoms with van der Waals surface area (Å²) in [5.41, 5.74) is 4.18. The number of nitrogens with one attached hydrogen (secondary N) is 1. The molecule has 0 spiro atoms. The quantitative estimate of drug-likeness (QED) is 0.846. The molecule has 114 valence electrons. The molecule has 0 heterocycles. The van der Waals surface area contributed by atoms with Crippen LogP contribution in [-0.2, 0) is 0 Å². The summed E-state index contributed by atoms with van der Waals surface area (Å²) in [6, 6.07) is 4.71. The van der Waals surface area contributed by atoms with Gasteiger partial charge in [0.25, 0.3) is 0 Å². The van der Waals surface area contributed by atoms with E-state index in [4.69, 9.17) is 4.74 Å². The Morgan fingerprint density at radius 3 is 2.25 bits per heavy atom. The SMILES string of the molecule is CNC(CC(C)C(C)(C)C)c1c(C)cc(C)cc1OC. The Balaban J connectivity index is 3.13. The van der Waals surface area contributed by atoms with Gasteiger partial charge in [-0.05, 0) is 55.8 Å². The van der Waals surface area contributed by atoms with Gasteiger partial charge < -0.3 is 10.1 Å². The number of hydrogen-bond donors (Lipinski definition) is 1. The standard InChI is InChI=1S/C18H31NO/c1-12-9-13(2)17(16(10-12)20-8)15(19-7)11-14(3)18(4,5)6/h9-10,14-15,19H,11H2,1-8H3. The van der Waals surface area contributed by atoms with Crippen LogP contribution in [-0.4, -0.2) is 14.2 Å². The first-order valence-corrected chi connectivity index (χ1v) is 7.53. The number of ether oxygens (including phenoxy) is 1. The first kappa shape index (κ1) is 17.0. The van der Waals surface area contributed by atoms with Crippen molar-refractivity contribution in [3.05, 3.63) is 28.8 Å². The van der Waals surface area contributed by atoms with Gasteiger partial charge >= 0.3 is 0 Å². The lowest BCUT2D eigenvalue weighted by atomic mass is 9.77. The molecule has 0 aliphatic carbocycles. The summed E-state index contributed by atoms with van der Waals surface area (Å²) >= 11 is 0. The average molecular weight is 277 g/mol. The van der Waals surface area contributed by atoms with Gasteiger partial charge in [-0.15, -0.1) is 0 Å². The van der Waals surface area contributed by atoms with Crippen LogP contribution in [0.4, 0.5) is 0 Å². The van der Waals surface area contributed by atoms with Gasteiger partial charge in [0.15, 0.2) is 0 Å². The first-order valence-electron chi connectivity index (χ1n) is 7.53. The molecular weight excluding hydrogens is 246 g/mol. The van der Waals surface area contributed by atoms with Crippen LogP contribution in [0.25, 0.3) is 0 Å². The molecule has 2 nitrogen and oxygen atoms in total. The molecule has 1 aromatic carbocycles. The number of aryl methyl sites for hydroxylation is 2. The van der Waals surface area contributed by atoms with Gasteiger partial charge in [0.2, 0.25) is 0 Å². The van der Waals surface area contributed by atoms with E-state index < -0.39 is 0 Å². The fourth-order valence-corrected chi connectivity index (χ4v) is 2.64. The van der Waals surface area contributed by atoms with Crippen molar-refractivity contribution >= 4 is 0 Å². The molecule has 0 saturated carbocycles. The molecule has 0 radical (unpaired) electrons. The zero-order chi connectivity index (χ0) is 15.5. The molecule has 2 unspecified atom stereocenters. The molecule has 0 bridgehead atoms. The Morgan fingerprint density at radius 1 is 1.20 bits per heavy atom. The minimum absolute atomic E-state index is 0.320. The number of methoxy groups -OCH3 is 1. The molecule has 1 rings (SSSR count). The second kappa shape index (κ2) is 6.62. The summed E-state index contributed by atoms with van der Waals surface area (Å²) in [7, 11) is 3.80. The van der Waals surface area contributed by atoms with Gasteiger partial charge in [-0.2, -0.15) is 0 Å². The van der Waals surface area contributed by atoms with Crippen LogP contribution in [0.5, 0.6) is 5.75 Å². The van der Waals surface area contributed by atoms with E-state index in [1.165, 1.54) is 16.7 Å². The highest BCUT2D eigenvalue weighted by Crippen LogP contribution is 2.37. The van der Waals surface area contributed by atoms with Crippen LogP contribution in [0.2, 0.25) is 0 Å². The predicted molar refractivity (Wildman–Crippen MR) is 87.5 cm³/mol. The van der Waals surface area contributed by atoms with Crippen LogP contribution < -0.4 is 10.1 Å². The van der Waals surface area contributed by atoms with Crippen molar-refractivity contribution in [1.82, 2.24) is 5.32 Å². The predicted octanol–water partition coefficient (Wildman–Crippen LogP) is 4.64. The van der Waals surface area contributed by atoms with Crippen LogP contribution >= 0.6 is 0 Å². The zero-order valence-corrected chi connectivity index (χ0v) is 14.4. The van der Waals surface area contributed by atoms with Gasteiger partial charge in [-0.1, -0.05) is 33.8 Å². The van der Waals surface area contributed by atoms with E-state index in [9.17, 15) is 0 Å². The van der Waals surface area contributed by atoms with Crippen molar-refractivity contribution in [3.63, 3.8) is 0 Å². The number of hydrogen-bond acceptors (Lipinski definition) is 2. The Hall–Kier alpha value is -1.02. The van der Waals surface area contributed by atoms with Crippen molar-refractivity contribution < 1.29 is 4.74 Å². The molecule has 0 aliphatic heterocycles. The second-order valence-corrected chi connectivity index (χ2v) is 7.04. The lowest BCUT2D eigenvalue weighted by molar-refractivity contribution is 0.224. The normalized spacial score (nSPS) is 15.0. The Morgan fingerprint density at radius 2 is 1.80 bits per heavy atom. The molecule has 2 atom stereocenters. The number of rotatable bonds is 5. The topological polar surface area (TPSA) is 21.3 Å². The van der Waals surface area contributed by atoms with Crippen LogP contribution in [0.15, 0.2) is 12.1 Å². The first-order chi connectivity index (χ1) is 9.20. The summed E-state index contributed by atoms with van der Waals surface area (Å²) in [5, 5.41) is 3.48. The fraction of sp³-hybridized carbons (Fsp3) is 0.667. The maximum atomic E-state index is 5.62. The molecule has 0 fully saturated rings. The van der Waals surface area contributed by atoms with Crippen molar-refractivity contribution in [2.75, 3.05) is 14.2 Å². The molecule has 2 heteroatoms. The van der Waals surface area contributed by atoms with Gasteiger partial charge in [0, 0.05) is 11.6 Å². The maximum absolute atomic E-state index is 5.62. The molecule has 0 amide bonds. The van der Waals surface area contributed by atoms with Crippen molar-refractivity contribution in [3.8, 4) is 5.75 Å². The average Bonchev–Trinajstić information content (AvgIpc) is 2.34. The highest BCUT2D eigenvalue weighted by Gasteiger charge is 2.26. The fourth-order valence-electron chi connectivity index (χ4n) is 2.64. The summed E-state index contributed by atoms with van der Waals surface area (Å²) in [4.78, 5) is 0. The second-order valence-electron chi connectivity index (χ2n) is 7.04. The van der Waals surface area contributed by atoms with E-state index in [-0.39, 0.29) is 0 Å². The molecule has 0 aromatic heterocycles. The Kier molecular flexibility index (Phi) is 5.64. The van der Waals surface area contributed by atoms with Gasteiger partial charge in [-0.3, -0.25) is 0 Å². The van der Waals surface area contributed by atoms with Gasteiger partial charge in [-0.25, -0.2) is 0 Å². The lowest BCUT2D eigenvalue weighted by Gasteiger charge is -2.32. The lowest BCUT2D eigenvalue weighted by Crippen LogP contribution is -2.26. The molecule has 0 saturated heterocycles. The monoisotopic (exact) mass is 277 g/mol. The van der Waals surface area contributed by atoms with E-state index >= 15 is 0 Å². The summed E-state index contributed by atoms with van der Waals surface area (Å²) in [5.74, 6) is 1.63. The van der Waals surface area contributed by atoms with Crippen LogP contribution in [0.1, 0.15) is 56.8 Å². The number of benzene rings is 1. The zero-order valence-electron chi connectivity index (χ0n) is 14.4. The highest BCUT2D eigenvalue weighted by atomic mass is 16.5. The highest BCUT2D eigenvalue weighted by molar-refractivity contribution is 5.45. The van der Waals surface area contributed by atoms with E-state index in [1.54, 1.807) is 7.11 Å². The minimum atomic E-state index is 0.320. The van der Waals surface area contributed by atoms with E-state index in [2.05, 4.69) is 59.0 Å². The minimum Gasteiger partial charge on any atom is -0.496 e. The third-order valence-corrected chi connectivity index (χ3v) is 4.48. The third-order valence-electron chi connectivity index (χ3n) is 4.48. The van der Waals surface area contributed by atoms with Crippen molar-refractivity contribution in [2.45, 2.75) is 54.0 Å². The van der Waals surface area contributed by atoms with Crippen molar-refractivity contribution in [1.29, 1.82) is 0 Å². The molecule has 0 aliphatic rings. The maximum Gasteiger partial charge on any atom is 0.124 e. The Bertz CT molecular complexity index is 445. The van der Waals surface area contributed by atoms with Crippen LogP contribution in [0, 0.1) is 25.2 Å². The third kappa shape index (κ3) is 3.99. The van der Waals surface area contributed by atoms with E-state index in [0.29, 0.717) is 17.4 Å². The summed E-state index contributed by atoms with van der Waals surface area (Å²) in [6.45, 7) is 13.6. The molecule has 1 N–H and O–H groups in total. The van der Waals surface area contributed by atoms with Gasteiger partial charge in [0.1, 0.15) is 5.75 Å². The van der Waals surface area contributed by atoms with Crippen molar-refractivity contribution in [2.24, 2.45) is 11.3 Å². The molecular formula is C18H31NO. The molecule has 1 aromatic rings. The summed E-state index contributed by atoms with van der Waals surface area (Å²) in [6.07, 6.45) is 1.11. The molecule has 20 heavy (non-hydrogen) atoms. The smallest absolute Gasteiger partial charge is 0.124 e. The van der Waals surface area contributed by atoms with E-state index in [1.807, 2.05) is 7.05 Å². The largest absolute Gasteiger partial charge is 0.496 e. The van der Waals surface area contributed by atoms with E-state index in [0.717, 1.165) is 12.2 Å².